The van der Waals surface area contributed by atoms with E-state index in [0.29, 0.717) is 13.1 Å². The Bertz CT molecular complexity index is 1010. The molecule has 30 heavy (non-hydrogen) atoms. The van der Waals surface area contributed by atoms with E-state index in [1.807, 2.05) is 26.0 Å². The van der Waals surface area contributed by atoms with Gasteiger partial charge in [0, 0.05) is 40.6 Å². The Kier molecular flexibility index (Phi) is 7.44. The fourth-order valence-electron chi connectivity index (χ4n) is 4.21. The van der Waals surface area contributed by atoms with Crippen molar-refractivity contribution in [3.05, 3.63) is 47.3 Å². The minimum absolute atomic E-state index is 0.118. The molecule has 6 nitrogen and oxygen atoms in total. The zero-order chi connectivity index (χ0) is 21.9. The monoisotopic (exact) mass is 449 g/mol. The van der Waals surface area contributed by atoms with E-state index in [1.165, 1.54) is 11.2 Å². The molecule has 2 aromatic rings. The Hall–Kier alpha value is -1.61. The van der Waals surface area contributed by atoms with Crippen LogP contribution in [0.2, 0.25) is 0 Å². The molecule has 1 aromatic carbocycles. The molecule has 0 amide bonds. The van der Waals surface area contributed by atoms with Crippen LogP contribution < -0.4 is 4.72 Å². The van der Waals surface area contributed by atoms with E-state index >= 15 is 0 Å². The van der Waals surface area contributed by atoms with Crippen LogP contribution in [-0.4, -0.2) is 62.4 Å². The van der Waals surface area contributed by atoms with Gasteiger partial charge in [-0.2, -0.15) is 0 Å². The molecule has 0 saturated carbocycles. The van der Waals surface area contributed by atoms with Crippen molar-refractivity contribution in [2.45, 2.75) is 31.6 Å². The van der Waals surface area contributed by atoms with Crippen molar-refractivity contribution in [3.63, 3.8) is 0 Å². The average molecular weight is 450 g/mol. The van der Waals surface area contributed by atoms with E-state index < -0.39 is 10.0 Å². The average Bonchev–Trinajstić information content (AvgIpc) is 3.00. The number of carbonyl (C=O) groups excluding carboxylic acids is 1. The quantitative estimate of drug-likeness (QED) is 0.495. The molecular weight excluding hydrogens is 418 g/mol. The van der Waals surface area contributed by atoms with Crippen LogP contribution in [0.25, 0.3) is 5.69 Å². The number of aryl methyl sites for hydroxylation is 1. The molecule has 1 unspecified atom stereocenters. The van der Waals surface area contributed by atoms with Gasteiger partial charge in [-0.05, 0) is 69.7 Å². The van der Waals surface area contributed by atoms with Crippen LogP contribution in [0.5, 0.6) is 0 Å². The predicted octanol–water partition coefficient (Wildman–Crippen LogP) is 3.26. The van der Waals surface area contributed by atoms with Gasteiger partial charge in [0.1, 0.15) is 0 Å². The van der Waals surface area contributed by atoms with E-state index in [1.54, 1.807) is 11.8 Å². The van der Waals surface area contributed by atoms with Crippen LogP contribution in [0, 0.1) is 19.8 Å². The molecule has 1 N–H and O–H groups in total. The lowest BCUT2D eigenvalue weighted by Gasteiger charge is -2.32. The second-order valence-corrected chi connectivity index (χ2v) is 10.8. The summed E-state index contributed by atoms with van der Waals surface area (Å²) in [5, 5.41) is 0. The highest BCUT2D eigenvalue weighted by Crippen LogP contribution is 2.25. The number of aromatic nitrogens is 1. The minimum Gasteiger partial charge on any atom is -0.318 e. The van der Waals surface area contributed by atoms with Crippen molar-refractivity contribution in [2.24, 2.45) is 5.92 Å². The molecule has 8 heteroatoms. The highest BCUT2D eigenvalue weighted by atomic mass is 32.2. The van der Waals surface area contributed by atoms with Crippen molar-refractivity contribution < 1.29 is 13.2 Å². The molecule has 164 valence electrons. The Labute approximate surface area is 184 Å². The number of likely N-dealkylation sites (tertiary alicyclic amines) is 1. The molecule has 0 bridgehead atoms. The van der Waals surface area contributed by atoms with Gasteiger partial charge in [0.2, 0.25) is 10.0 Å². The van der Waals surface area contributed by atoms with Crippen LogP contribution in [-0.2, 0) is 10.0 Å². The Morgan fingerprint density at radius 1 is 1.27 bits per heavy atom. The molecule has 3 rings (SSSR count). The van der Waals surface area contributed by atoms with Gasteiger partial charge in [-0.15, -0.1) is 11.8 Å². The van der Waals surface area contributed by atoms with Gasteiger partial charge < -0.3 is 4.57 Å². The Morgan fingerprint density at radius 2 is 2.03 bits per heavy atom. The second kappa shape index (κ2) is 9.68. The van der Waals surface area contributed by atoms with Gasteiger partial charge in [-0.25, -0.2) is 13.1 Å². The standard InChI is InChI=1S/C22H31N3O3S2/c1-16-11-21(17(2)25(16)19-8-5-9-20(12-19)29-3)22(26)15-24-10-6-7-18(14-24)13-23-30(4,27)28/h5,8-9,11-12,18,23H,6-7,10,13-15H2,1-4H3. The number of hydrogen-bond acceptors (Lipinski definition) is 5. The molecule has 1 saturated heterocycles. The van der Waals surface area contributed by atoms with E-state index in [2.05, 4.69) is 38.6 Å². The molecule has 1 aliphatic rings. The van der Waals surface area contributed by atoms with Gasteiger partial charge >= 0.3 is 0 Å². The fourth-order valence-corrected chi connectivity index (χ4v) is 5.20. The third kappa shape index (κ3) is 5.75. The van der Waals surface area contributed by atoms with Crippen LogP contribution in [0.3, 0.4) is 0 Å². The van der Waals surface area contributed by atoms with Crippen LogP contribution in [0.1, 0.15) is 34.6 Å². The molecule has 2 heterocycles. The number of carbonyl (C=O) groups is 1. The summed E-state index contributed by atoms with van der Waals surface area (Å²) in [7, 11) is -3.19. The molecule has 1 atom stereocenters. The number of benzene rings is 1. The molecule has 0 aliphatic carbocycles. The van der Waals surface area contributed by atoms with Crippen molar-refractivity contribution in [2.75, 3.05) is 38.7 Å². The molecular formula is C22H31N3O3S2. The van der Waals surface area contributed by atoms with Crippen molar-refractivity contribution in [1.29, 1.82) is 0 Å². The van der Waals surface area contributed by atoms with E-state index in [0.717, 1.165) is 48.6 Å². The number of nitrogens with one attached hydrogen (secondary N) is 1. The van der Waals surface area contributed by atoms with Gasteiger partial charge in [0.25, 0.3) is 0 Å². The SMILES string of the molecule is CSc1cccc(-n2c(C)cc(C(=O)CN3CCCC(CNS(C)(=O)=O)C3)c2C)c1. The second-order valence-electron chi connectivity index (χ2n) is 8.11. The summed E-state index contributed by atoms with van der Waals surface area (Å²) >= 11 is 1.70. The predicted molar refractivity (Wildman–Crippen MR) is 123 cm³/mol. The lowest BCUT2D eigenvalue weighted by molar-refractivity contribution is 0.0887. The highest BCUT2D eigenvalue weighted by Gasteiger charge is 2.24. The van der Waals surface area contributed by atoms with Gasteiger partial charge in [-0.1, -0.05) is 6.07 Å². The summed E-state index contributed by atoms with van der Waals surface area (Å²) in [5.41, 5.74) is 3.84. The van der Waals surface area contributed by atoms with Crippen molar-refractivity contribution in [3.8, 4) is 5.69 Å². The summed E-state index contributed by atoms with van der Waals surface area (Å²) in [6, 6.07) is 10.3. The first kappa shape index (κ1) is 23.1. The Morgan fingerprint density at radius 3 is 2.73 bits per heavy atom. The summed E-state index contributed by atoms with van der Waals surface area (Å²) in [4.78, 5) is 16.5. The molecule has 1 aliphatic heterocycles. The number of Topliss-reactive ketones (excluding diaryl/α,β-unsaturated/α-hetero) is 1. The summed E-state index contributed by atoms with van der Waals surface area (Å²) in [6.07, 6.45) is 5.19. The summed E-state index contributed by atoms with van der Waals surface area (Å²) < 4.78 is 27.5. The first-order valence-corrected chi connectivity index (χ1v) is 13.3. The maximum atomic E-state index is 13.1. The summed E-state index contributed by atoms with van der Waals surface area (Å²) in [6.45, 7) is 6.44. The number of nitrogens with zero attached hydrogens (tertiary/aromatic N) is 2. The first-order valence-electron chi connectivity index (χ1n) is 10.2. The van der Waals surface area contributed by atoms with E-state index in [9.17, 15) is 13.2 Å². The highest BCUT2D eigenvalue weighted by molar-refractivity contribution is 7.98. The number of rotatable bonds is 8. The van der Waals surface area contributed by atoms with Crippen LogP contribution >= 0.6 is 11.8 Å². The number of hydrogen-bond donors (Lipinski definition) is 1. The third-order valence-corrected chi connectivity index (χ3v) is 7.06. The third-order valence-electron chi connectivity index (χ3n) is 5.65. The zero-order valence-electron chi connectivity index (χ0n) is 18.1. The first-order chi connectivity index (χ1) is 14.2. The normalized spacial score (nSPS) is 17.9. The van der Waals surface area contributed by atoms with Crippen molar-refractivity contribution >= 4 is 27.6 Å². The largest absolute Gasteiger partial charge is 0.318 e. The zero-order valence-corrected chi connectivity index (χ0v) is 19.8. The molecule has 0 spiro atoms. The van der Waals surface area contributed by atoms with Gasteiger partial charge in [0.15, 0.2) is 5.78 Å². The molecule has 0 radical (unpaired) electrons. The van der Waals surface area contributed by atoms with Crippen LogP contribution in [0.4, 0.5) is 0 Å². The number of sulfonamides is 1. The number of thioether (sulfide) groups is 1. The maximum absolute atomic E-state index is 13.1. The molecule has 1 aromatic heterocycles. The maximum Gasteiger partial charge on any atom is 0.208 e. The van der Waals surface area contributed by atoms with Crippen LogP contribution in [0.15, 0.2) is 35.2 Å². The van der Waals surface area contributed by atoms with Crippen molar-refractivity contribution in [1.82, 2.24) is 14.2 Å². The summed E-state index contributed by atoms with van der Waals surface area (Å²) in [5.74, 6) is 0.357. The smallest absolute Gasteiger partial charge is 0.208 e. The number of ketones is 1. The van der Waals surface area contributed by atoms with E-state index in [-0.39, 0.29) is 11.7 Å². The van der Waals surface area contributed by atoms with Gasteiger partial charge in [0.05, 0.1) is 12.8 Å². The topological polar surface area (TPSA) is 71.4 Å². The molecule has 1 fully saturated rings. The van der Waals surface area contributed by atoms with E-state index in [4.69, 9.17) is 0 Å². The Balaban J connectivity index is 1.71. The number of piperidine rings is 1. The minimum atomic E-state index is -3.19. The fraction of sp³-hybridized carbons (Fsp3) is 0.500. The lowest BCUT2D eigenvalue weighted by atomic mass is 9.98. The van der Waals surface area contributed by atoms with Gasteiger partial charge in [-0.3, -0.25) is 9.69 Å². The lowest BCUT2D eigenvalue weighted by Crippen LogP contribution is -2.42.